The topological polar surface area (TPSA) is 74.7 Å². The highest BCUT2D eigenvalue weighted by molar-refractivity contribution is 5.93. The highest BCUT2D eigenvalue weighted by atomic mass is 16.5. The number of carbonyl (C=O) groups is 1. The number of furan rings is 1. The lowest BCUT2D eigenvalue weighted by Gasteiger charge is -2.13. The maximum absolute atomic E-state index is 11.9. The Morgan fingerprint density at radius 2 is 1.69 bits per heavy atom. The zero-order valence-corrected chi connectivity index (χ0v) is 21.6. The van der Waals surface area contributed by atoms with Gasteiger partial charge in [0.25, 0.3) is 0 Å². The van der Waals surface area contributed by atoms with E-state index in [4.69, 9.17) is 19.6 Å². The van der Waals surface area contributed by atoms with E-state index in [-0.39, 0.29) is 12.4 Å². The average molecular weight is 488 g/mol. The summed E-state index contributed by atoms with van der Waals surface area (Å²) in [7, 11) is 0. The number of ether oxygens (including phenoxy) is 2. The van der Waals surface area contributed by atoms with Gasteiger partial charge < -0.3 is 19.6 Å². The Morgan fingerprint density at radius 1 is 0.917 bits per heavy atom. The average Bonchev–Trinajstić information content (AvgIpc) is 3.36. The normalized spacial score (nSPS) is 10.5. The van der Waals surface area contributed by atoms with E-state index < -0.39 is 0 Å². The van der Waals surface area contributed by atoms with Crippen LogP contribution in [0.2, 0.25) is 0 Å². The fourth-order valence-corrected chi connectivity index (χ4v) is 3.97. The van der Waals surface area contributed by atoms with Gasteiger partial charge in [0.1, 0.15) is 17.9 Å². The van der Waals surface area contributed by atoms with Crippen LogP contribution in [0.3, 0.4) is 0 Å². The van der Waals surface area contributed by atoms with Crippen molar-refractivity contribution in [1.29, 1.82) is 0 Å². The smallest absolute Gasteiger partial charge is 0.310 e. The van der Waals surface area contributed by atoms with Crippen LogP contribution in [0, 0.1) is 0 Å². The molecule has 5 heteroatoms. The molecular formula is C31H37NO4. The molecular weight excluding hydrogens is 450 g/mol. The number of nitrogen functional groups attached to an aromatic ring is 1. The lowest BCUT2D eigenvalue weighted by atomic mass is 10.00. The minimum Gasteiger partial charge on any atom is -0.489 e. The first-order valence-corrected chi connectivity index (χ1v) is 12.8. The summed E-state index contributed by atoms with van der Waals surface area (Å²) in [4.78, 5) is 11.9. The first-order chi connectivity index (χ1) is 17.5. The number of benzene rings is 3. The number of para-hydroxylation sites is 1. The molecule has 0 aliphatic heterocycles. The van der Waals surface area contributed by atoms with Crippen molar-refractivity contribution < 1.29 is 18.7 Å². The molecule has 0 aliphatic carbocycles. The number of carbonyl (C=O) groups excluding carboxylic acids is 1. The number of hydrogen-bond donors (Lipinski definition) is 1. The third-order valence-corrected chi connectivity index (χ3v) is 5.77. The summed E-state index contributed by atoms with van der Waals surface area (Å²) in [6.07, 6.45) is 7.40. The van der Waals surface area contributed by atoms with Crippen LogP contribution < -0.4 is 10.5 Å². The van der Waals surface area contributed by atoms with Gasteiger partial charge in [0.05, 0.1) is 19.3 Å². The van der Waals surface area contributed by atoms with Crippen molar-refractivity contribution in [3.63, 3.8) is 0 Å². The highest BCUT2D eigenvalue weighted by Crippen LogP contribution is 2.32. The Kier molecular flexibility index (Phi) is 10.4. The molecule has 4 rings (SSSR count). The van der Waals surface area contributed by atoms with E-state index in [0.717, 1.165) is 33.2 Å². The quantitative estimate of drug-likeness (QED) is 0.139. The van der Waals surface area contributed by atoms with Gasteiger partial charge in [0.15, 0.2) is 0 Å². The number of unbranched alkanes of at least 4 members (excludes halogenated alkanes) is 3. The zero-order chi connectivity index (χ0) is 25.8. The van der Waals surface area contributed by atoms with Crippen LogP contribution in [0.5, 0.6) is 5.75 Å². The van der Waals surface area contributed by atoms with Crippen molar-refractivity contribution in [3.05, 3.63) is 84.1 Å². The van der Waals surface area contributed by atoms with E-state index in [2.05, 4.69) is 19.9 Å². The molecule has 4 aromatic rings. The zero-order valence-electron chi connectivity index (χ0n) is 21.6. The van der Waals surface area contributed by atoms with Crippen LogP contribution in [-0.2, 0) is 22.6 Å². The molecule has 0 spiro atoms. The predicted octanol–water partition coefficient (Wildman–Crippen LogP) is 7.95. The molecule has 190 valence electrons. The van der Waals surface area contributed by atoms with Crippen molar-refractivity contribution in [2.24, 2.45) is 0 Å². The third kappa shape index (κ3) is 7.64. The first-order valence-electron chi connectivity index (χ1n) is 12.8. The molecule has 1 aromatic heterocycles. The number of fused-ring (bicyclic) bond motifs is 1. The van der Waals surface area contributed by atoms with Gasteiger partial charge in [-0.2, -0.15) is 0 Å². The Labute approximate surface area is 214 Å². The van der Waals surface area contributed by atoms with Crippen molar-refractivity contribution in [2.45, 2.75) is 59.5 Å². The predicted molar refractivity (Wildman–Crippen MR) is 147 cm³/mol. The molecule has 0 fully saturated rings. The van der Waals surface area contributed by atoms with E-state index in [1.54, 1.807) is 13.2 Å². The lowest BCUT2D eigenvalue weighted by Crippen LogP contribution is -2.09. The summed E-state index contributed by atoms with van der Waals surface area (Å²) in [6.45, 7) is 6.98. The van der Waals surface area contributed by atoms with Crippen LogP contribution in [0.25, 0.3) is 22.1 Å². The minimum atomic E-state index is -0.266. The Bertz CT molecular complexity index is 1240. The first kappa shape index (κ1) is 26.9. The molecule has 5 nitrogen and oxygen atoms in total. The number of anilines is 1. The van der Waals surface area contributed by atoms with Gasteiger partial charge in [-0.1, -0.05) is 69.9 Å². The second-order valence-electron chi connectivity index (χ2n) is 8.69. The van der Waals surface area contributed by atoms with Crippen LogP contribution in [-0.4, -0.2) is 12.6 Å². The van der Waals surface area contributed by atoms with Crippen molar-refractivity contribution in [1.82, 2.24) is 0 Å². The van der Waals surface area contributed by atoms with E-state index in [1.165, 1.54) is 25.7 Å². The summed E-state index contributed by atoms with van der Waals surface area (Å²) in [5.74, 6) is 0.403. The van der Waals surface area contributed by atoms with Crippen LogP contribution in [0.4, 0.5) is 5.69 Å². The van der Waals surface area contributed by atoms with Gasteiger partial charge in [-0.05, 0) is 54.4 Å². The number of rotatable bonds is 10. The summed E-state index contributed by atoms with van der Waals surface area (Å²) in [6, 6.07) is 21.3. The fraction of sp³-hybridized carbons (Fsp3) is 0.323. The molecule has 0 amide bonds. The molecule has 0 aliphatic rings. The molecule has 36 heavy (non-hydrogen) atoms. The van der Waals surface area contributed by atoms with Gasteiger partial charge in [0, 0.05) is 22.2 Å². The molecule has 0 radical (unpaired) electrons. The Hall–Kier alpha value is -3.73. The molecule has 0 unspecified atom stereocenters. The standard InChI is InChI=1S/C25H23NO4.C6H14/c1-2-28-24(27)15-19-6-3-4-9-23(19)30-16-17-12-20-10-11-29-25(20)22(13-17)18-7-5-8-21(26)14-18;1-3-5-6-4-2/h3-14H,2,15-16,26H2,1H3;3-6H2,1-2H3. The molecule has 0 bridgehead atoms. The van der Waals surface area contributed by atoms with Gasteiger partial charge in [-0.3, -0.25) is 4.79 Å². The van der Waals surface area contributed by atoms with E-state index in [1.807, 2.05) is 60.7 Å². The third-order valence-electron chi connectivity index (χ3n) is 5.77. The van der Waals surface area contributed by atoms with Crippen LogP contribution in [0.1, 0.15) is 57.6 Å². The van der Waals surface area contributed by atoms with Gasteiger partial charge in [0.2, 0.25) is 0 Å². The monoisotopic (exact) mass is 487 g/mol. The molecule has 1 heterocycles. The fourth-order valence-electron chi connectivity index (χ4n) is 3.97. The summed E-state index contributed by atoms with van der Waals surface area (Å²) in [5.41, 5.74) is 11.2. The van der Waals surface area contributed by atoms with Crippen LogP contribution in [0.15, 0.2) is 77.4 Å². The molecule has 2 N–H and O–H groups in total. The number of hydrogen-bond acceptors (Lipinski definition) is 5. The summed E-state index contributed by atoms with van der Waals surface area (Å²) < 4.78 is 16.9. The maximum Gasteiger partial charge on any atom is 0.310 e. The van der Waals surface area contributed by atoms with Gasteiger partial charge in [-0.25, -0.2) is 0 Å². The highest BCUT2D eigenvalue weighted by Gasteiger charge is 2.13. The van der Waals surface area contributed by atoms with Crippen molar-refractivity contribution >= 4 is 22.6 Å². The second-order valence-corrected chi connectivity index (χ2v) is 8.69. The molecule has 3 aromatic carbocycles. The maximum atomic E-state index is 11.9. The SMILES string of the molecule is CCCCCC.CCOC(=O)Cc1ccccc1OCc1cc(-c2cccc(N)c2)c2occc2c1. The largest absolute Gasteiger partial charge is 0.489 e. The van der Waals surface area contributed by atoms with E-state index in [0.29, 0.717) is 24.7 Å². The number of esters is 1. The number of nitrogens with two attached hydrogens (primary N) is 1. The molecule has 0 atom stereocenters. The summed E-state index contributed by atoms with van der Waals surface area (Å²) in [5, 5.41) is 0.994. The second kappa shape index (κ2) is 14.0. The van der Waals surface area contributed by atoms with Crippen LogP contribution >= 0.6 is 0 Å². The Morgan fingerprint density at radius 3 is 2.42 bits per heavy atom. The minimum absolute atomic E-state index is 0.180. The lowest BCUT2D eigenvalue weighted by molar-refractivity contribution is -0.142. The Balaban J connectivity index is 0.000000538. The van der Waals surface area contributed by atoms with Gasteiger partial charge >= 0.3 is 5.97 Å². The van der Waals surface area contributed by atoms with Gasteiger partial charge in [-0.15, -0.1) is 0 Å². The summed E-state index contributed by atoms with van der Waals surface area (Å²) >= 11 is 0. The molecule has 0 saturated carbocycles. The van der Waals surface area contributed by atoms with E-state index in [9.17, 15) is 4.79 Å². The van der Waals surface area contributed by atoms with Crippen molar-refractivity contribution in [2.75, 3.05) is 12.3 Å². The van der Waals surface area contributed by atoms with Crippen molar-refractivity contribution in [3.8, 4) is 16.9 Å². The molecule has 0 saturated heterocycles. The van der Waals surface area contributed by atoms with E-state index >= 15 is 0 Å².